The van der Waals surface area contributed by atoms with Gasteiger partial charge in [0.05, 0.1) is 12.2 Å². The molecule has 0 aliphatic carbocycles. The Labute approximate surface area is 109 Å². The van der Waals surface area contributed by atoms with Crippen molar-refractivity contribution in [2.45, 2.75) is 20.4 Å². The first kappa shape index (κ1) is 13.1. The normalized spacial score (nSPS) is 22.9. The van der Waals surface area contributed by atoms with Gasteiger partial charge >= 0.3 is 5.97 Å². The van der Waals surface area contributed by atoms with Gasteiger partial charge in [-0.2, -0.15) is 0 Å². The zero-order valence-corrected chi connectivity index (χ0v) is 10.5. The van der Waals surface area contributed by atoms with Gasteiger partial charge in [-0.05, 0) is 0 Å². The van der Waals surface area contributed by atoms with E-state index in [4.69, 9.17) is 5.11 Å². The van der Waals surface area contributed by atoms with Gasteiger partial charge in [0, 0.05) is 18.0 Å². The highest BCUT2D eigenvalue weighted by atomic mass is 16.4. The fraction of sp³-hybridized carbons (Fsp3) is 0.417. The van der Waals surface area contributed by atoms with Crippen molar-refractivity contribution in [1.82, 2.24) is 14.9 Å². The molecule has 100 valence electrons. The topological polar surface area (TPSA) is 100 Å². The molecule has 1 saturated heterocycles. The number of amides is 2. The highest BCUT2D eigenvalue weighted by Crippen LogP contribution is 2.26. The molecule has 1 fully saturated rings. The van der Waals surface area contributed by atoms with E-state index in [0.29, 0.717) is 0 Å². The molecule has 1 aliphatic heterocycles. The quantitative estimate of drug-likeness (QED) is 0.788. The molecule has 19 heavy (non-hydrogen) atoms. The molecule has 2 rings (SSSR count). The summed E-state index contributed by atoms with van der Waals surface area (Å²) in [7, 11) is 0. The molecular weight excluding hydrogens is 250 g/mol. The molecule has 0 radical (unpaired) electrons. The van der Waals surface area contributed by atoms with Gasteiger partial charge in [-0.25, -0.2) is 14.8 Å². The average molecular weight is 263 g/mol. The number of imide groups is 1. The minimum Gasteiger partial charge on any atom is -0.478 e. The standard InChI is InChI=1S/C12H13N3O4/c1-6-7(2)11(17)15(10(6)16)4-9-8(12(18)19)3-13-5-14-9/h3,5-7H,4H2,1-2H3,(H,18,19). The molecule has 1 aliphatic rings. The van der Waals surface area contributed by atoms with Gasteiger partial charge in [-0.3, -0.25) is 14.5 Å². The molecule has 1 N–H and O–H groups in total. The number of carbonyl (C=O) groups excluding carboxylic acids is 2. The van der Waals surface area contributed by atoms with Crippen molar-refractivity contribution in [2.75, 3.05) is 0 Å². The van der Waals surface area contributed by atoms with Crippen LogP contribution >= 0.6 is 0 Å². The van der Waals surface area contributed by atoms with Crippen LogP contribution in [-0.4, -0.2) is 37.8 Å². The number of hydrogen-bond acceptors (Lipinski definition) is 5. The first-order valence-electron chi connectivity index (χ1n) is 5.81. The van der Waals surface area contributed by atoms with E-state index in [0.717, 1.165) is 11.1 Å². The number of aromatic carboxylic acids is 1. The number of carbonyl (C=O) groups is 3. The number of likely N-dealkylation sites (tertiary alicyclic amines) is 1. The summed E-state index contributed by atoms with van der Waals surface area (Å²) in [5.74, 6) is -2.55. The van der Waals surface area contributed by atoms with E-state index in [-0.39, 0.29) is 41.5 Å². The Morgan fingerprint density at radius 3 is 2.42 bits per heavy atom. The summed E-state index contributed by atoms with van der Waals surface area (Å²) in [4.78, 5) is 43.4. The summed E-state index contributed by atoms with van der Waals surface area (Å²) in [6.07, 6.45) is 2.35. The minimum absolute atomic E-state index is 0.102. The number of hydrogen-bond donors (Lipinski definition) is 1. The number of aromatic nitrogens is 2. The van der Waals surface area contributed by atoms with Crippen molar-refractivity contribution >= 4 is 17.8 Å². The molecule has 1 aromatic heterocycles. The van der Waals surface area contributed by atoms with E-state index in [1.54, 1.807) is 13.8 Å². The van der Waals surface area contributed by atoms with Crippen molar-refractivity contribution in [3.05, 3.63) is 23.8 Å². The predicted octanol–water partition coefficient (Wildman–Crippen LogP) is 0.316. The molecule has 2 atom stereocenters. The highest BCUT2D eigenvalue weighted by molar-refractivity contribution is 6.04. The third-order valence-corrected chi connectivity index (χ3v) is 3.39. The number of nitrogens with zero attached hydrogens (tertiary/aromatic N) is 3. The maximum Gasteiger partial charge on any atom is 0.339 e. The lowest BCUT2D eigenvalue weighted by molar-refractivity contribution is -0.140. The van der Waals surface area contributed by atoms with E-state index in [1.807, 2.05) is 0 Å². The highest BCUT2D eigenvalue weighted by Gasteiger charge is 2.42. The number of carboxylic acid groups (broad SMARTS) is 1. The Morgan fingerprint density at radius 1 is 1.32 bits per heavy atom. The molecule has 0 spiro atoms. The largest absolute Gasteiger partial charge is 0.478 e. The van der Waals surface area contributed by atoms with Crippen LogP contribution in [0.15, 0.2) is 12.5 Å². The second-order valence-electron chi connectivity index (χ2n) is 4.53. The van der Waals surface area contributed by atoms with Crippen LogP contribution in [0.1, 0.15) is 29.9 Å². The first-order chi connectivity index (χ1) is 8.93. The molecule has 7 heteroatoms. The lowest BCUT2D eigenvalue weighted by atomic mass is 10.00. The number of carboxylic acids is 1. The Hall–Kier alpha value is -2.31. The molecule has 0 aromatic carbocycles. The molecule has 0 saturated carbocycles. The molecule has 2 heterocycles. The average Bonchev–Trinajstić information content (AvgIpc) is 2.57. The summed E-state index contributed by atoms with van der Waals surface area (Å²) in [5, 5.41) is 9.01. The monoisotopic (exact) mass is 263 g/mol. The summed E-state index contributed by atoms with van der Waals surface area (Å²) in [6.45, 7) is 3.24. The second kappa shape index (κ2) is 4.75. The van der Waals surface area contributed by atoms with Crippen molar-refractivity contribution in [3.63, 3.8) is 0 Å². The van der Waals surface area contributed by atoms with Gasteiger partial charge in [-0.15, -0.1) is 0 Å². The zero-order valence-electron chi connectivity index (χ0n) is 10.5. The summed E-state index contributed by atoms with van der Waals surface area (Å²) < 4.78 is 0. The molecule has 7 nitrogen and oxygen atoms in total. The van der Waals surface area contributed by atoms with E-state index >= 15 is 0 Å². The first-order valence-corrected chi connectivity index (χ1v) is 5.81. The Kier molecular flexibility index (Phi) is 3.28. The SMILES string of the molecule is CC1C(=O)N(Cc2ncncc2C(=O)O)C(=O)C1C. The van der Waals surface area contributed by atoms with E-state index < -0.39 is 5.97 Å². The lowest BCUT2D eigenvalue weighted by Crippen LogP contribution is -2.31. The molecule has 2 unspecified atom stereocenters. The van der Waals surface area contributed by atoms with Crippen molar-refractivity contribution in [3.8, 4) is 0 Å². The fourth-order valence-electron chi connectivity index (χ4n) is 1.99. The maximum atomic E-state index is 11.9. The summed E-state index contributed by atoms with van der Waals surface area (Å²) in [6, 6.07) is 0. The predicted molar refractivity (Wildman–Crippen MR) is 62.9 cm³/mol. The Bertz CT molecular complexity index is 538. The van der Waals surface area contributed by atoms with E-state index in [9.17, 15) is 14.4 Å². The Balaban J connectivity index is 2.30. The molecule has 2 amide bonds. The van der Waals surface area contributed by atoms with Gasteiger partial charge in [0.1, 0.15) is 11.9 Å². The van der Waals surface area contributed by atoms with Gasteiger partial charge in [0.25, 0.3) is 0 Å². The number of rotatable bonds is 3. The van der Waals surface area contributed by atoms with Crippen LogP contribution < -0.4 is 0 Å². The van der Waals surface area contributed by atoms with Crippen molar-refractivity contribution in [1.29, 1.82) is 0 Å². The molecular formula is C12H13N3O4. The lowest BCUT2D eigenvalue weighted by Gasteiger charge is -2.14. The van der Waals surface area contributed by atoms with Crippen LogP contribution in [0.2, 0.25) is 0 Å². The van der Waals surface area contributed by atoms with Gasteiger partial charge in [-0.1, -0.05) is 13.8 Å². The van der Waals surface area contributed by atoms with Crippen LogP contribution in [0.4, 0.5) is 0 Å². The van der Waals surface area contributed by atoms with E-state index in [1.165, 1.54) is 6.33 Å². The maximum absolute atomic E-state index is 11.9. The van der Waals surface area contributed by atoms with Gasteiger partial charge in [0.15, 0.2) is 0 Å². The van der Waals surface area contributed by atoms with Crippen LogP contribution in [0.5, 0.6) is 0 Å². The van der Waals surface area contributed by atoms with Gasteiger partial charge < -0.3 is 5.11 Å². The fourth-order valence-corrected chi connectivity index (χ4v) is 1.99. The second-order valence-corrected chi connectivity index (χ2v) is 4.53. The van der Waals surface area contributed by atoms with Crippen molar-refractivity contribution in [2.24, 2.45) is 11.8 Å². The zero-order chi connectivity index (χ0) is 14.2. The summed E-state index contributed by atoms with van der Waals surface area (Å²) >= 11 is 0. The molecule has 1 aromatic rings. The van der Waals surface area contributed by atoms with E-state index in [2.05, 4.69) is 9.97 Å². The van der Waals surface area contributed by atoms with Crippen LogP contribution in [-0.2, 0) is 16.1 Å². The smallest absolute Gasteiger partial charge is 0.339 e. The third kappa shape index (κ3) is 2.18. The van der Waals surface area contributed by atoms with Crippen LogP contribution in [0.25, 0.3) is 0 Å². The third-order valence-electron chi connectivity index (χ3n) is 3.39. The minimum atomic E-state index is -1.18. The van der Waals surface area contributed by atoms with Crippen LogP contribution in [0.3, 0.4) is 0 Å². The van der Waals surface area contributed by atoms with Gasteiger partial charge in [0.2, 0.25) is 11.8 Å². The Morgan fingerprint density at radius 2 is 1.89 bits per heavy atom. The van der Waals surface area contributed by atoms with Crippen molar-refractivity contribution < 1.29 is 19.5 Å². The molecule has 0 bridgehead atoms. The summed E-state index contributed by atoms with van der Waals surface area (Å²) in [5.41, 5.74) is 0.0563. The van der Waals surface area contributed by atoms with Crippen LogP contribution in [0, 0.1) is 11.8 Å².